The number of esters is 1. The summed E-state index contributed by atoms with van der Waals surface area (Å²) in [5.41, 5.74) is 2.78. The third-order valence-electron chi connectivity index (χ3n) is 5.11. The molecule has 3 heterocycles. The van der Waals surface area contributed by atoms with Crippen LogP contribution in [0.1, 0.15) is 24.8 Å². The summed E-state index contributed by atoms with van der Waals surface area (Å²) in [6.07, 6.45) is 7.06. The Morgan fingerprint density at radius 3 is 2.70 bits per heavy atom. The highest BCUT2D eigenvalue weighted by Crippen LogP contribution is 2.34. The van der Waals surface area contributed by atoms with Crippen molar-refractivity contribution < 1.29 is 14.3 Å². The number of hydrogen-bond acceptors (Lipinski definition) is 4. The van der Waals surface area contributed by atoms with Gasteiger partial charge in [-0.25, -0.2) is 4.79 Å². The molecule has 4 heteroatoms. The first-order valence-corrected chi connectivity index (χ1v) is 9.27. The number of ether oxygens (including phenoxy) is 2. The minimum absolute atomic E-state index is 0.174. The number of carbonyl (C=O) groups excluding carboxylic acids is 1. The van der Waals surface area contributed by atoms with Gasteiger partial charge in [0.05, 0.1) is 13.2 Å². The summed E-state index contributed by atoms with van der Waals surface area (Å²) in [4.78, 5) is 14.3. The van der Waals surface area contributed by atoms with Gasteiger partial charge in [0.25, 0.3) is 0 Å². The molecule has 2 atom stereocenters. The zero-order chi connectivity index (χ0) is 19.2. The van der Waals surface area contributed by atoms with Crippen molar-refractivity contribution in [1.29, 1.82) is 0 Å². The van der Waals surface area contributed by atoms with Crippen molar-refractivity contribution >= 4 is 5.97 Å². The smallest absolute Gasteiger partial charge is 0.331 e. The van der Waals surface area contributed by atoms with E-state index in [-0.39, 0.29) is 18.1 Å². The van der Waals surface area contributed by atoms with Gasteiger partial charge in [0, 0.05) is 29.3 Å². The summed E-state index contributed by atoms with van der Waals surface area (Å²) < 4.78 is 10.8. The maximum absolute atomic E-state index is 11.9. The van der Waals surface area contributed by atoms with E-state index in [0.29, 0.717) is 0 Å². The van der Waals surface area contributed by atoms with E-state index >= 15 is 0 Å². The van der Waals surface area contributed by atoms with Crippen LogP contribution in [0.2, 0.25) is 0 Å². The molecule has 1 fully saturated rings. The van der Waals surface area contributed by atoms with Crippen LogP contribution in [-0.2, 0) is 9.53 Å². The van der Waals surface area contributed by atoms with Gasteiger partial charge in [0.1, 0.15) is 11.9 Å². The molecule has 0 N–H and O–H groups in total. The van der Waals surface area contributed by atoms with Crippen LogP contribution in [0.3, 0.4) is 0 Å². The number of nitrogens with zero attached hydrogens (tertiary/aromatic N) is 1. The third-order valence-corrected chi connectivity index (χ3v) is 5.11. The number of piperidine rings is 1. The molecular weight excluding hydrogens is 338 g/mol. The number of carbonyl (C=O) groups is 1. The first-order chi connectivity index (χ1) is 13.2. The van der Waals surface area contributed by atoms with Crippen LogP contribution < -0.4 is 4.74 Å². The molecule has 0 radical (unpaired) electrons. The predicted molar refractivity (Wildman–Crippen MR) is 106 cm³/mol. The zero-order valence-corrected chi connectivity index (χ0v) is 15.7. The van der Waals surface area contributed by atoms with Gasteiger partial charge in [-0.3, -0.25) is 4.90 Å². The molecule has 1 unspecified atom stereocenters. The van der Waals surface area contributed by atoms with E-state index in [9.17, 15) is 4.79 Å². The van der Waals surface area contributed by atoms with Crippen LogP contribution in [0.25, 0.3) is 0 Å². The lowest BCUT2D eigenvalue weighted by Gasteiger charge is -2.36. The number of hydrogen-bond donors (Lipinski definition) is 0. The molecule has 4 nitrogen and oxygen atoms in total. The topological polar surface area (TPSA) is 38.8 Å². The molecule has 0 aliphatic carbocycles. The van der Waals surface area contributed by atoms with Gasteiger partial charge in [0.15, 0.2) is 0 Å². The molecule has 0 bridgehead atoms. The van der Waals surface area contributed by atoms with Crippen molar-refractivity contribution in [2.45, 2.75) is 31.4 Å². The van der Waals surface area contributed by atoms with Gasteiger partial charge in [-0.15, -0.1) is 13.2 Å². The highest BCUT2D eigenvalue weighted by molar-refractivity contribution is 5.88. The van der Waals surface area contributed by atoms with Crippen molar-refractivity contribution in [1.82, 2.24) is 4.90 Å². The van der Waals surface area contributed by atoms with Gasteiger partial charge in [-0.1, -0.05) is 24.3 Å². The van der Waals surface area contributed by atoms with E-state index in [4.69, 9.17) is 9.47 Å². The van der Waals surface area contributed by atoms with E-state index in [1.807, 2.05) is 24.3 Å². The average molecular weight is 363 g/mol. The van der Waals surface area contributed by atoms with Crippen LogP contribution in [0, 0.1) is 11.8 Å². The second-order valence-corrected chi connectivity index (χ2v) is 6.61. The first kappa shape index (κ1) is 19.0. The SMILES string of the molecule is C=C.COc1ccc(C#CC2=CCN3CCCC[C@@H]3C3OC(=O)C=C23)cc1. The minimum atomic E-state index is -0.246. The quantitative estimate of drug-likeness (QED) is 0.435. The van der Waals surface area contributed by atoms with Crippen LogP contribution in [-0.4, -0.2) is 43.2 Å². The Kier molecular flexibility index (Phi) is 6.16. The molecule has 3 aliphatic rings. The first-order valence-electron chi connectivity index (χ1n) is 9.27. The van der Waals surface area contributed by atoms with E-state index in [1.54, 1.807) is 13.2 Å². The summed E-state index contributed by atoms with van der Waals surface area (Å²) in [6.45, 7) is 7.92. The molecule has 0 aromatic heterocycles. The highest BCUT2D eigenvalue weighted by atomic mass is 16.5. The molecular formula is C23H25NO3. The zero-order valence-electron chi connectivity index (χ0n) is 15.7. The molecule has 3 aliphatic heterocycles. The van der Waals surface area contributed by atoms with Crippen LogP contribution >= 0.6 is 0 Å². The molecule has 1 saturated heterocycles. The third kappa shape index (κ3) is 4.15. The van der Waals surface area contributed by atoms with Crippen molar-refractivity contribution in [3.8, 4) is 17.6 Å². The Balaban J connectivity index is 0.00000102. The lowest BCUT2D eigenvalue weighted by molar-refractivity contribution is -0.141. The summed E-state index contributed by atoms with van der Waals surface area (Å²) in [5, 5.41) is 0. The molecule has 4 rings (SSSR count). The lowest BCUT2D eigenvalue weighted by Crippen LogP contribution is -2.46. The van der Waals surface area contributed by atoms with E-state index < -0.39 is 0 Å². The lowest BCUT2D eigenvalue weighted by atomic mass is 9.92. The van der Waals surface area contributed by atoms with Crippen LogP contribution in [0.15, 0.2) is 60.7 Å². The number of rotatable bonds is 1. The average Bonchev–Trinajstić information content (AvgIpc) is 3.05. The molecule has 27 heavy (non-hydrogen) atoms. The summed E-state index contributed by atoms with van der Waals surface area (Å²) in [7, 11) is 1.65. The van der Waals surface area contributed by atoms with E-state index in [0.717, 1.165) is 42.0 Å². The molecule has 0 spiro atoms. The van der Waals surface area contributed by atoms with Crippen molar-refractivity contribution in [3.05, 3.63) is 66.3 Å². The van der Waals surface area contributed by atoms with Gasteiger partial charge < -0.3 is 9.47 Å². The van der Waals surface area contributed by atoms with Crippen LogP contribution in [0.4, 0.5) is 0 Å². The van der Waals surface area contributed by atoms with Gasteiger partial charge in [0.2, 0.25) is 0 Å². The van der Waals surface area contributed by atoms with Crippen molar-refractivity contribution in [2.75, 3.05) is 20.2 Å². The summed E-state index contributed by atoms with van der Waals surface area (Å²) in [6, 6.07) is 7.96. The number of fused-ring (bicyclic) bond motifs is 3. The fourth-order valence-corrected chi connectivity index (χ4v) is 3.80. The predicted octanol–water partition coefficient (Wildman–Crippen LogP) is 3.50. The fraction of sp³-hybridized carbons (Fsp3) is 0.348. The molecule has 0 amide bonds. The Morgan fingerprint density at radius 2 is 1.96 bits per heavy atom. The Morgan fingerprint density at radius 1 is 1.19 bits per heavy atom. The maximum Gasteiger partial charge on any atom is 0.331 e. The van der Waals surface area contributed by atoms with E-state index in [2.05, 4.69) is 36.0 Å². The second kappa shape index (κ2) is 8.75. The molecule has 1 aromatic carbocycles. The fourth-order valence-electron chi connectivity index (χ4n) is 3.80. The van der Waals surface area contributed by atoms with Crippen LogP contribution in [0.5, 0.6) is 5.75 Å². The standard InChI is InChI=1S/C21H21NO3.C2H4/c1-24-17-9-6-15(7-10-17)5-8-16-11-13-22-12-3-2-4-19(22)21-18(16)14-20(23)25-21;1-2/h6-7,9-11,14,19,21H,2-4,12-13H2,1H3;1-2H2/t19-,21?;/m1./s1. The van der Waals surface area contributed by atoms with E-state index in [1.165, 1.54) is 12.8 Å². The Labute approximate surface area is 161 Å². The second-order valence-electron chi connectivity index (χ2n) is 6.61. The molecule has 0 saturated carbocycles. The Hall–Kier alpha value is -2.77. The summed E-state index contributed by atoms with van der Waals surface area (Å²) >= 11 is 0. The Bertz CT molecular complexity index is 810. The molecule has 1 aromatic rings. The normalized spacial score (nSPS) is 23.7. The minimum Gasteiger partial charge on any atom is -0.497 e. The largest absolute Gasteiger partial charge is 0.497 e. The molecule has 140 valence electrons. The van der Waals surface area contributed by atoms with Gasteiger partial charge in [-0.2, -0.15) is 0 Å². The van der Waals surface area contributed by atoms with Crippen molar-refractivity contribution in [2.24, 2.45) is 0 Å². The number of benzene rings is 1. The van der Waals surface area contributed by atoms with Crippen molar-refractivity contribution in [3.63, 3.8) is 0 Å². The number of methoxy groups -OCH3 is 1. The highest BCUT2D eigenvalue weighted by Gasteiger charge is 2.40. The van der Waals surface area contributed by atoms with Gasteiger partial charge in [-0.05, 0) is 43.7 Å². The maximum atomic E-state index is 11.9. The van der Waals surface area contributed by atoms with Gasteiger partial charge >= 0.3 is 5.97 Å². The monoisotopic (exact) mass is 363 g/mol. The summed E-state index contributed by atoms with van der Waals surface area (Å²) in [5.74, 6) is 7.03.